The number of hydrogen-bond donors (Lipinski definition) is 1. The summed E-state index contributed by atoms with van der Waals surface area (Å²) in [5, 5.41) is 23.1. The third-order valence-electron chi connectivity index (χ3n) is 5.39. The predicted octanol–water partition coefficient (Wildman–Crippen LogP) is 1.86. The molecule has 0 atom stereocenters. The summed E-state index contributed by atoms with van der Waals surface area (Å²) in [7, 11) is 2.81. The lowest BCUT2D eigenvalue weighted by atomic mass is 10.1. The Bertz CT molecular complexity index is 1380. The Morgan fingerprint density at radius 1 is 1.16 bits per heavy atom. The number of nitriles is 1. The Morgan fingerprint density at radius 2 is 1.92 bits per heavy atom. The van der Waals surface area contributed by atoms with Gasteiger partial charge in [0.2, 0.25) is 0 Å². The summed E-state index contributed by atoms with van der Waals surface area (Å²) in [6.07, 6.45) is 0.946. The lowest BCUT2D eigenvalue weighted by Crippen LogP contribution is -2.32. The van der Waals surface area contributed by atoms with Gasteiger partial charge in [-0.3, -0.25) is 34.2 Å². The monoisotopic (exact) mass is 522 g/mol. The molecule has 0 aromatic heterocycles. The highest BCUT2D eigenvalue weighted by Crippen LogP contribution is 2.32. The van der Waals surface area contributed by atoms with Gasteiger partial charge in [0.15, 0.2) is 11.5 Å². The average molecular weight is 522 g/mol. The molecule has 0 saturated carbocycles. The molecule has 13 nitrogen and oxygen atoms in total. The van der Waals surface area contributed by atoms with Crippen LogP contribution < -0.4 is 14.8 Å². The van der Waals surface area contributed by atoms with Gasteiger partial charge in [0.05, 0.1) is 30.6 Å². The number of hydrogen-bond acceptors (Lipinski definition) is 10. The number of nitrogens with one attached hydrogen (secondary N) is 1. The Balaban J connectivity index is 1.67. The first-order chi connectivity index (χ1) is 18.2. The van der Waals surface area contributed by atoms with Gasteiger partial charge in [-0.2, -0.15) is 5.26 Å². The van der Waals surface area contributed by atoms with E-state index in [2.05, 4.69) is 5.32 Å². The smallest absolute Gasteiger partial charge is 0.313 e. The summed E-state index contributed by atoms with van der Waals surface area (Å²) in [5.74, 6) is -2.84. The van der Waals surface area contributed by atoms with E-state index in [4.69, 9.17) is 14.2 Å². The Kier molecular flexibility index (Phi) is 8.86. The predicted molar refractivity (Wildman–Crippen MR) is 130 cm³/mol. The molecule has 1 aliphatic rings. The fourth-order valence-electron chi connectivity index (χ4n) is 3.58. The van der Waals surface area contributed by atoms with E-state index in [1.54, 1.807) is 0 Å². The van der Waals surface area contributed by atoms with Gasteiger partial charge in [0.25, 0.3) is 23.4 Å². The van der Waals surface area contributed by atoms with Crippen molar-refractivity contribution in [1.82, 2.24) is 10.2 Å². The lowest BCUT2D eigenvalue weighted by Gasteiger charge is -2.14. The second kappa shape index (κ2) is 12.2. The number of nitro groups is 1. The first-order valence-electron chi connectivity index (χ1n) is 11.1. The Hall–Kier alpha value is -5.09. The van der Waals surface area contributed by atoms with Crippen molar-refractivity contribution in [2.24, 2.45) is 0 Å². The first-order valence-corrected chi connectivity index (χ1v) is 11.1. The maximum absolute atomic E-state index is 12.6. The van der Waals surface area contributed by atoms with Crippen LogP contribution in [0.15, 0.2) is 42.0 Å². The minimum atomic E-state index is -0.863. The highest BCUT2D eigenvalue weighted by Gasteiger charge is 2.40. The van der Waals surface area contributed by atoms with Gasteiger partial charge in [-0.1, -0.05) is 12.1 Å². The number of nitro benzene ring substituents is 1. The van der Waals surface area contributed by atoms with E-state index in [9.17, 15) is 34.6 Å². The quantitative estimate of drug-likeness (QED) is 0.0669. The van der Waals surface area contributed by atoms with Gasteiger partial charge < -0.3 is 19.5 Å². The van der Waals surface area contributed by atoms with Gasteiger partial charge >= 0.3 is 5.97 Å². The van der Waals surface area contributed by atoms with Crippen LogP contribution in [0.25, 0.3) is 6.08 Å². The number of carbonyl (C=O) groups excluding carboxylic acids is 4. The third-order valence-corrected chi connectivity index (χ3v) is 5.39. The number of ether oxygens (including phenoxy) is 3. The summed E-state index contributed by atoms with van der Waals surface area (Å²) < 4.78 is 15.4. The summed E-state index contributed by atoms with van der Waals surface area (Å²) in [6, 6.07) is 9.89. The number of methoxy groups -OCH3 is 2. The second-order valence-electron chi connectivity index (χ2n) is 7.77. The molecule has 1 aliphatic heterocycles. The normalized spacial score (nSPS) is 12.6. The van der Waals surface area contributed by atoms with Crippen molar-refractivity contribution in [1.29, 1.82) is 5.26 Å². The van der Waals surface area contributed by atoms with Crippen molar-refractivity contribution < 1.29 is 38.3 Å². The van der Waals surface area contributed by atoms with E-state index in [0.29, 0.717) is 5.56 Å². The molecule has 0 fully saturated rings. The average Bonchev–Trinajstić information content (AvgIpc) is 3.15. The molecule has 1 heterocycles. The number of imide groups is 1. The molecule has 0 radical (unpaired) electrons. The van der Waals surface area contributed by atoms with Crippen molar-refractivity contribution in [2.45, 2.75) is 6.42 Å². The van der Waals surface area contributed by atoms with Crippen LogP contribution in [0.3, 0.4) is 0 Å². The number of esters is 1. The van der Waals surface area contributed by atoms with E-state index < -0.39 is 34.3 Å². The van der Waals surface area contributed by atoms with Gasteiger partial charge in [0.1, 0.15) is 17.2 Å². The van der Waals surface area contributed by atoms with Gasteiger partial charge in [-0.05, 0) is 29.8 Å². The zero-order valence-corrected chi connectivity index (χ0v) is 20.4. The Labute approximate surface area is 216 Å². The summed E-state index contributed by atoms with van der Waals surface area (Å²) in [5.41, 5.74) is -0.643. The standard InChI is InChI=1S/C25H22N4O9/c1-36-11-9-27-23(31)16(14-26)12-15-6-7-19(20(13-15)37-2)38-21(30)8-10-28-24(32)17-4-3-5-18(29(34)35)22(17)25(28)33/h3-7,12-13H,8-11H2,1-2H3,(H,27,31)/b16-12+. The van der Waals surface area contributed by atoms with E-state index in [1.807, 2.05) is 6.07 Å². The van der Waals surface area contributed by atoms with Crippen LogP contribution in [0.4, 0.5) is 5.69 Å². The van der Waals surface area contributed by atoms with Crippen molar-refractivity contribution >= 4 is 35.5 Å². The molecule has 0 unspecified atom stereocenters. The SMILES string of the molecule is COCCNC(=O)/C(C#N)=C/c1ccc(OC(=O)CCN2C(=O)c3cccc([N+](=O)[O-])c3C2=O)c(OC)c1. The van der Waals surface area contributed by atoms with Crippen LogP contribution in [-0.2, 0) is 14.3 Å². The molecule has 0 spiro atoms. The van der Waals surface area contributed by atoms with Crippen molar-refractivity contribution in [3.05, 3.63) is 68.8 Å². The van der Waals surface area contributed by atoms with Gasteiger partial charge in [-0.25, -0.2) is 0 Å². The molecule has 2 aromatic carbocycles. The third kappa shape index (κ3) is 6.00. The molecular weight excluding hydrogens is 500 g/mol. The molecule has 2 aromatic rings. The number of benzene rings is 2. The van der Waals surface area contributed by atoms with Crippen LogP contribution in [0, 0.1) is 21.4 Å². The maximum Gasteiger partial charge on any atom is 0.313 e. The van der Waals surface area contributed by atoms with Crippen LogP contribution in [0.1, 0.15) is 32.7 Å². The van der Waals surface area contributed by atoms with Crippen LogP contribution in [0.2, 0.25) is 0 Å². The topological polar surface area (TPSA) is 178 Å². The van der Waals surface area contributed by atoms with Crippen LogP contribution in [0.5, 0.6) is 11.5 Å². The molecule has 196 valence electrons. The Morgan fingerprint density at radius 3 is 2.58 bits per heavy atom. The van der Waals surface area contributed by atoms with E-state index in [-0.39, 0.29) is 54.3 Å². The maximum atomic E-state index is 12.6. The molecule has 3 rings (SSSR count). The van der Waals surface area contributed by atoms with Crippen molar-refractivity contribution in [3.8, 4) is 17.6 Å². The minimum Gasteiger partial charge on any atom is -0.493 e. The molecule has 0 saturated heterocycles. The summed E-state index contributed by atoms with van der Waals surface area (Å²) >= 11 is 0. The highest BCUT2D eigenvalue weighted by molar-refractivity contribution is 6.23. The largest absolute Gasteiger partial charge is 0.493 e. The molecule has 1 N–H and O–H groups in total. The van der Waals surface area contributed by atoms with Crippen molar-refractivity contribution in [3.63, 3.8) is 0 Å². The summed E-state index contributed by atoms with van der Waals surface area (Å²) in [6.45, 7) is 0.157. The fourth-order valence-corrected chi connectivity index (χ4v) is 3.58. The number of amides is 3. The number of carbonyl (C=O) groups is 4. The van der Waals surface area contributed by atoms with Crippen molar-refractivity contribution in [2.75, 3.05) is 33.9 Å². The molecule has 38 heavy (non-hydrogen) atoms. The molecule has 13 heteroatoms. The van der Waals surface area contributed by atoms with Gasteiger partial charge in [-0.15, -0.1) is 0 Å². The number of nitrogens with zero attached hydrogens (tertiary/aromatic N) is 3. The zero-order chi connectivity index (χ0) is 27.8. The summed E-state index contributed by atoms with van der Waals surface area (Å²) in [4.78, 5) is 61.0. The van der Waals surface area contributed by atoms with E-state index >= 15 is 0 Å². The second-order valence-corrected chi connectivity index (χ2v) is 7.77. The first kappa shape index (κ1) is 27.5. The van der Waals surface area contributed by atoms with Crippen LogP contribution in [-0.4, -0.2) is 67.4 Å². The molecule has 0 aliphatic carbocycles. The number of rotatable bonds is 11. The van der Waals surface area contributed by atoms with E-state index in [0.717, 1.165) is 11.0 Å². The minimum absolute atomic E-state index is 0.0238. The number of fused-ring (bicyclic) bond motifs is 1. The molecule has 0 bridgehead atoms. The van der Waals surface area contributed by atoms with Gasteiger partial charge in [0, 0.05) is 26.3 Å². The van der Waals surface area contributed by atoms with Crippen LogP contribution >= 0.6 is 0 Å². The fraction of sp³-hybridized carbons (Fsp3) is 0.240. The lowest BCUT2D eigenvalue weighted by molar-refractivity contribution is -0.385. The zero-order valence-electron chi connectivity index (χ0n) is 20.4. The molecule has 3 amide bonds. The van der Waals surface area contributed by atoms with E-state index in [1.165, 1.54) is 50.6 Å². The molecular formula is C25H22N4O9. The highest BCUT2D eigenvalue weighted by atomic mass is 16.6.